The number of rotatable bonds is 1. The van der Waals surface area contributed by atoms with Gasteiger partial charge in [-0.3, -0.25) is 9.59 Å². The molecule has 0 radical (unpaired) electrons. The third kappa shape index (κ3) is 2.44. The van der Waals surface area contributed by atoms with E-state index >= 15 is 0 Å². The third-order valence-corrected chi connectivity index (χ3v) is 4.84. The van der Waals surface area contributed by atoms with E-state index < -0.39 is 0 Å². The summed E-state index contributed by atoms with van der Waals surface area (Å²) in [6.07, 6.45) is 4.72. The number of Topliss-reactive ketones (excluding diaryl/α,β-unsaturated/α-hetero) is 2. The van der Waals surface area contributed by atoms with Gasteiger partial charge in [0.05, 0.1) is 5.92 Å². The Morgan fingerprint density at radius 1 is 1.13 bits per heavy atom. The van der Waals surface area contributed by atoms with Crippen LogP contribution in [-0.4, -0.2) is 22.6 Å². The van der Waals surface area contributed by atoms with E-state index in [1.807, 2.05) is 18.7 Å². The molecule has 1 unspecified atom stereocenters. The van der Waals surface area contributed by atoms with Crippen molar-refractivity contribution < 1.29 is 9.59 Å². The van der Waals surface area contributed by atoms with Crippen LogP contribution in [0.1, 0.15) is 39.0 Å². The predicted molar refractivity (Wildman–Crippen MR) is 62.0 cm³/mol. The minimum absolute atomic E-state index is 0.207. The number of carbonyl (C=O) groups is 2. The van der Waals surface area contributed by atoms with E-state index in [4.69, 9.17) is 0 Å². The molecule has 1 aliphatic heterocycles. The first kappa shape index (κ1) is 11.2. The Morgan fingerprint density at radius 3 is 2.33 bits per heavy atom. The first-order valence-corrected chi connectivity index (χ1v) is 6.90. The van der Waals surface area contributed by atoms with E-state index in [2.05, 4.69) is 0 Å². The Hall–Kier alpha value is -0.310. The molecule has 84 valence electrons. The van der Waals surface area contributed by atoms with E-state index in [9.17, 15) is 9.59 Å². The van der Waals surface area contributed by atoms with Crippen molar-refractivity contribution in [3.63, 3.8) is 0 Å². The molecule has 1 atom stereocenters. The zero-order valence-corrected chi connectivity index (χ0v) is 10.0. The maximum Gasteiger partial charge on any atom is 0.144 e. The Bertz CT molecular complexity index is 251. The fourth-order valence-electron chi connectivity index (χ4n) is 2.64. The summed E-state index contributed by atoms with van der Waals surface area (Å²) in [5, 5.41) is 0.297. The fourth-order valence-corrected chi connectivity index (χ4v) is 4.14. The van der Waals surface area contributed by atoms with Gasteiger partial charge in [0.1, 0.15) is 11.6 Å². The lowest BCUT2D eigenvalue weighted by molar-refractivity contribution is -0.137. The zero-order chi connectivity index (χ0) is 10.8. The molecule has 2 fully saturated rings. The normalized spacial score (nSPS) is 38.1. The van der Waals surface area contributed by atoms with Crippen LogP contribution in [0.4, 0.5) is 0 Å². The van der Waals surface area contributed by atoms with Gasteiger partial charge in [-0.2, -0.15) is 11.8 Å². The molecular formula is C12H18O2S. The zero-order valence-electron chi connectivity index (χ0n) is 9.20. The van der Waals surface area contributed by atoms with Gasteiger partial charge in [0.2, 0.25) is 0 Å². The van der Waals surface area contributed by atoms with Crippen LogP contribution in [0, 0.1) is 11.8 Å². The summed E-state index contributed by atoms with van der Waals surface area (Å²) in [5.41, 5.74) is 0. The van der Waals surface area contributed by atoms with Crippen LogP contribution in [0.15, 0.2) is 0 Å². The average Bonchev–Trinajstić information content (AvgIpc) is 2.17. The molecule has 1 heterocycles. The highest BCUT2D eigenvalue weighted by atomic mass is 32.2. The summed E-state index contributed by atoms with van der Waals surface area (Å²) in [7, 11) is 0. The van der Waals surface area contributed by atoms with Crippen molar-refractivity contribution in [2.24, 2.45) is 11.8 Å². The van der Waals surface area contributed by atoms with Gasteiger partial charge in [0, 0.05) is 18.1 Å². The second kappa shape index (κ2) is 4.69. The average molecular weight is 226 g/mol. The van der Waals surface area contributed by atoms with Crippen LogP contribution in [0.2, 0.25) is 0 Å². The van der Waals surface area contributed by atoms with Crippen LogP contribution in [-0.2, 0) is 9.59 Å². The third-order valence-electron chi connectivity index (χ3n) is 3.38. The van der Waals surface area contributed by atoms with Crippen LogP contribution >= 0.6 is 11.8 Å². The van der Waals surface area contributed by atoms with Crippen molar-refractivity contribution in [1.29, 1.82) is 0 Å². The van der Waals surface area contributed by atoms with E-state index in [1.165, 1.54) is 12.8 Å². The van der Waals surface area contributed by atoms with Gasteiger partial charge in [0.25, 0.3) is 0 Å². The van der Waals surface area contributed by atoms with E-state index in [0.29, 0.717) is 18.1 Å². The molecule has 0 aromatic carbocycles. The predicted octanol–water partition coefficient (Wildman–Crippen LogP) is 2.46. The van der Waals surface area contributed by atoms with Gasteiger partial charge >= 0.3 is 0 Å². The number of hydrogen-bond donors (Lipinski definition) is 0. The quantitative estimate of drug-likeness (QED) is 0.644. The number of ketones is 2. The van der Waals surface area contributed by atoms with Crippen LogP contribution in [0.5, 0.6) is 0 Å². The van der Waals surface area contributed by atoms with Crippen molar-refractivity contribution in [3.05, 3.63) is 0 Å². The van der Waals surface area contributed by atoms with E-state index in [0.717, 1.165) is 12.2 Å². The molecule has 3 heteroatoms. The summed E-state index contributed by atoms with van der Waals surface area (Å²) >= 11 is 1.84. The molecular weight excluding hydrogens is 208 g/mol. The number of carbonyl (C=O) groups excluding carboxylic acids is 2. The van der Waals surface area contributed by atoms with Gasteiger partial charge in [-0.05, 0) is 24.5 Å². The highest BCUT2D eigenvalue weighted by molar-refractivity contribution is 8.00. The summed E-state index contributed by atoms with van der Waals surface area (Å²) in [6.45, 7) is 2.00. The molecule has 1 saturated carbocycles. The first-order chi connectivity index (χ1) is 7.18. The molecule has 0 N–H and O–H groups in total. The van der Waals surface area contributed by atoms with E-state index in [-0.39, 0.29) is 23.4 Å². The van der Waals surface area contributed by atoms with Crippen LogP contribution < -0.4 is 0 Å². The number of thioether (sulfide) groups is 1. The largest absolute Gasteiger partial charge is 0.299 e. The molecule has 15 heavy (non-hydrogen) atoms. The van der Waals surface area contributed by atoms with Crippen LogP contribution in [0.3, 0.4) is 0 Å². The Kier molecular flexibility index (Phi) is 3.49. The molecule has 2 rings (SSSR count). The van der Waals surface area contributed by atoms with Crippen molar-refractivity contribution >= 4 is 23.3 Å². The minimum Gasteiger partial charge on any atom is -0.299 e. The Morgan fingerprint density at radius 2 is 1.80 bits per heavy atom. The summed E-state index contributed by atoms with van der Waals surface area (Å²) in [6, 6.07) is 0. The maximum atomic E-state index is 11.9. The summed E-state index contributed by atoms with van der Waals surface area (Å²) in [5.74, 6) is 1.55. The van der Waals surface area contributed by atoms with Crippen molar-refractivity contribution in [2.45, 2.75) is 44.3 Å². The van der Waals surface area contributed by atoms with Gasteiger partial charge in [-0.1, -0.05) is 13.3 Å². The standard InChI is InChI=1S/C12H18O2S/c1-8-6-9(13)12(10(14)7-8)11-4-2-3-5-15-11/h8,11-12H,2-7H2,1H3. The SMILES string of the molecule is CC1CC(=O)C(C2CCCCS2)C(=O)C1. The van der Waals surface area contributed by atoms with Crippen molar-refractivity contribution in [3.8, 4) is 0 Å². The molecule has 1 aliphatic carbocycles. The summed E-state index contributed by atoms with van der Waals surface area (Å²) < 4.78 is 0. The second-order valence-corrected chi connectivity index (χ2v) is 6.18. The lowest BCUT2D eigenvalue weighted by Crippen LogP contribution is -2.40. The molecule has 2 nitrogen and oxygen atoms in total. The van der Waals surface area contributed by atoms with Gasteiger partial charge in [-0.25, -0.2) is 0 Å². The minimum atomic E-state index is -0.258. The summed E-state index contributed by atoms with van der Waals surface area (Å²) in [4.78, 5) is 23.8. The molecule has 2 aliphatic rings. The van der Waals surface area contributed by atoms with Crippen LogP contribution in [0.25, 0.3) is 0 Å². The second-order valence-electron chi connectivity index (χ2n) is 4.83. The topological polar surface area (TPSA) is 34.1 Å². The van der Waals surface area contributed by atoms with Gasteiger partial charge < -0.3 is 0 Å². The molecule has 0 spiro atoms. The number of hydrogen-bond acceptors (Lipinski definition) is 3. The highest BCUT2D eigenvalue weighted by Gasteiger charge is 2.39. The molecule has 0 bridgehead atoms. The van der Waals surface area contributed by atoms with Gasteiger partial charge in [-0.15, -0.1) is 0 Å². The Balaban J connectivity index is 2.05. The monoisotopic (exact) mass is 226 g/mol. The fraction of sp³-hybridized carbons (Fsp3) is 0.833. The maximum absolute atomic E-state index is 11.9. The smallest absolute Gasteiger partial charge is 0.144 e. The van der Waals surface area contributed by atoms with Crippen molar-refractivity contribution in [2.75, 3.05) is 5.75 Å². The molecule has 0 aromatic rings. The molecule has 1 saturated heterocycles. The van der Waals surface area contributed by atoms with E-state index in [1.54, 1.807) is 0 Å². The van der Waals surface area contributed by atoms with Crippen molar-refractivity contribution in [1.82, 2.24) is 0 Å². The molecule has 0 amide bonds. The van der Waals surface area contributed by atoms with Gasteiger partial charge in [0.15, 0.2) is 0 Å². The lowest BCUT2D eigenvalue weighted by Gasteiger charge is -2.32. The molecule has 0 aromatic heterocycles. The first-order valence-electron chi connectivity index (χ1n) is 5.85. The Labute approximate surface area is 95.2 Å². The highest BCUT2D eigenvalue weighted by Crippen LogP contribution is 2.36. The lowest BCUT2D eigenvalue weighted by atomic mass is 9.78.